The number of furan rings is 1. The molecule has 0 amide bonds. The first kappa shape index (κ1) is 23.5. The molecular weight excluding hydrogens is 455 g/mol. The lowest BCUT2D eigenvalue weighted by Crippen LogP contribution is -2.43. The van der Waals surface area contributed by atoms with Gasteiger partial charge in [-0.2, -0.15) is 0 Å². The molecule has 0 aliphatic carbocycles. The molecule has 0 aromatic carbocycles. The van der Waals surface area contributed by atoms with Gasteiger partial charge in [-0.05, 0) is 37.8 Å². The van der Waals surface area contributed by atoms with E-state index in [0.29, 0.717) is 18.5 Å². The molecule has 0 aliphatic heterocycles. The Morgan fingerprint density at radius 1 is 1.30 bits per heavy atom. The fraction of sp³-hybridized carbons (Fsp3) is 0.632. The molecule has 152 valence electrons. The minimum Gasteiger partial charge on any atom is -0.467 e. The highest BCUT2D eigenvalue weighted by atomic mass is 127. The van der Waals surface area contributed by atoms with Crippen molar-refractivity contribution < 1.29 is 4.42 Å². The van der Waals surface area contributed by atoms with Crippen LogP contribution in [-0.2, 0) is 19.5 Å². The van der Waals surface area contributed by atoms with E-state index < -0.39 is 0 Å². The highest BCUT2D eigenvalue weighted by Crippen LogP contribution is 2.07. The predicted molar refractivity (Wildman–Crippen MR) is 119 cm³/mol. The summed E-state index contributed by atoms with van der Waals surface area (Å²) in [6.07, 6.45) is 6.64. The molecule has 0 saturated carbocycles. The van der Waals surface area contributed by atoms with Crippen molar-refractivity contribution in [3.63, 3.8) is 0 Å². The molecule has 2 rings (SSSR count). The lowest BCUT2D eigenvalue weighted by Gasteiger charge is -2.19. The number of nitrogens with one attached hydrogen (secondary N) is 2. The van der Waals surface area contributed by atoms with Crippen molar-refractivity contribution in [2.45, 2.75) is 66.1 Å². The third-order valence-corrected chi connectivity index (χ3v) is 4.19. The number of aliphatic imine (C=N–C) groups is 1. The van der Waals surface area contributed by atoms with Crippen LogP contribution < -0.4 is 10.6 Å². The lowest BCUT2D eigenvalue weighted by atomic mass is 10.0. The molecule has 2 aromatic rings. The van der Waals surface area contributed by atoms with Crippen LogP contribution in [0.15, 0.2) is 34.1 Å². The molecule has 0 fully saturated rings. The van der Waals surface area contributed by atoms with E-state index in [4.69, 9.17) is 4.42 Å². The van der Waals surface area contributed by atoms with E-state index in [2.05, 4.69) is 58.1 Å². The van der Waals surface area contributed by atoms with E-state index in [0.717, 1.165) is 43.5 Å². The van der Waals surface area contributed by atoms with Gasteiger partial charge in [-0.1, -0.05) is 20.8 Å². The summed E-state index contributed by atoms with van der Waals surface area (Å²) in [7, 11) is 0. The Morgan fingerprint density at radius 2 is 2.11 bits per heavy atom. The summed E-state index contributed by atoms with van der Waals surface area (Å²) in [6, 6.07) is 4.18. The van der Waals surface area contributed by atoms with Crippen LogP contribution in [0.1, 0.15) is 52.1 Å². The molecule has 0 spiro atoms. The smallest absolute Gasteiger partial charge is 0.191 e. The van der Waals surface area contributed by atoms with Crippen molar-refractivity contribution in [2.24, 2.45) is 10.9 Å². The van der Waals surface area contributed by atoms with Crippen molar-refractivity contribution in [3.8, 4) is 0 Å². The van der Waals surface area contributed by atoms with Crippen LogP contribution in [0.3, 0.4) is 0 Å². The van der Waals surface area contributed by atoms with Gasteiger partial charge in [0.25, 0.3) is 0 Å². The molecule has 0 radical (unpaired) electrons. The number of nitrogens with zero attached hydrogens (tertiary/aromatic N) is 4. The quantitative estimate of drug-likeness (QED) is 0.304. The monoisotopic (exact) mass is 488 g/mol. The summed E-state index contributed by atoms with van der Waals surface area (Å²) in [4.78, 5) is 4.65. The molecule has 27 heavy (non-hydrogen) atoms. The maximum atomic E-state index is 5.38. The second-order valence-corrected chi connectivity index (χ2v) is 6.98. The second-order valence-electron chi connectivity index (χ2n) is 6.98. The first-order valence-corrected chi connectivity index (χ1v) is 9.52. The van der Waals surface area contributed by atoms with Gasteiger partial charge < -0.3 is 19.6 Å². The van der Waals surface area contributed by atoms with Gasteiger partial charge in [0, 0.05) is 25.6 Å². The number of rotatable bonds is 10. The van der Waals surface area contributed by atoms with Gasteiger partial charge in [-0.15, -0.1) is 34.2 Å². The van der Waals surface area contributed by atoms with E-state index in [9.17, 15) is 0 Å². The van der Waals surface area contributed by atoms with E-state index in [1.54, 1.807) is 12.6 Å². The first-order chi connectivity index (χ1) is 12.6. The van der Waals surface area contributed by atoms with Crippen LogP contribution in [-0.4, -0.2) is 33.3 Å². The van der Waals surface area contributed by atoms with Crippen molar-refractivity contribution >= 4 is 29.9 Å². The fourth-order valence-electron chi connectivity index (χ4n) is 2.64. The molecule has 2 aromatic heterocycles. The van der Waals surface area contributed by atoms with E-state index >= 15 is 0 Å². The normalized spacial score (nSPS) is 12.7. The second kappa shape index (κ2) is 12.7. The Morgan fingerprint density at radius 3 is 2.78 bits per heavy atom. The standard InChI is InChI=1S/C19H32N6O.HI/c1-5-18-24-22-14-25(18)11-10-20-19(21-13-17-7-6-12-26-17)23-16(4)9-8-15(2)3;/h6-7,12,14-16H,5,8-11,13H2,1-4H3,(H2,20,21,23);1H. The summed E-state index contributed by atoms with van der Waals surface area (Å²) in [5.41, 5.74) is 0. The van der Waals surface area contributed by atoms with Gasteiger partial charge in [0.15, 0.2) is 5.96 Å². The number of hydrogen-bond acceptors (Lipinski definition) is 4. The summed E-state index contributed by atoms with van der Waals surface area (Å²) in [5.74, 6) is 3.37. The first-order valence-electron chi connectivity index (χ1n) is 9.52. The van der Waals surface area contributed by atoms with Gasteiger partial charge in [0.2, 0.25) is 0 Å². The minimum atomic E-state index is 0. The molecule has 0 saturated heterocycles. The summed E-state index contributed by atoms with van der Waals surface area (Å²) < 4.78 is 7.45. The summed E-state index contributed by atoms with van der Waals surface area (Å²) >= 11 is 0. The topological polar surface area (TPSA) is 80.3 Å². The number of halogens is 1. The van der Waals surface area contributed by atoms with Gasteiger partial charge in [0.05, 0.1) is 6.26 Å². The third kappa shape index (κ3) is 8.77. The average molecular weight is 488 g/mol. The van der Waals surface area contributed by atoms with E-state index in [1.807, 2.05) is 12.1 Å². The Hall–Kier alpha value is -1.58. The predicted octanol–water partition coefficient (Wildman–Crippen LogP) is 3.61. The molecule has 1 unspecified atom stereocenters. The van der Waals surface area contributed by atoms with E-state index in [1.165, 1.54) is 6.42 Å². The maximum Gasteiger partial charge on any atom is 0.191 e. The number of guanidine groups is 1. The van der Waals surface area contributed by atoms with Crippen LogP contribution in [0.5, 0.6) is 0 Å². The molecule has 0 bridgehead atoms. The number of aryl methyl sites for hydroxylation is 1. The van der Waals surface area contributed by atoms with Crippen LogP contribution >= 0.6 is 24.0 Å². The van der Waals surface area contributed by atoms with Gasteiger partial charge in [-0.3, -0.25) is 0 Å². The zero-order valence-corrected chi connectivity index (χ0v) is 19.1. The van der Waals surface area contributed by atoms with Crippen LogP contribution in [0, 0.1) is 5.92 Å². The van der Waals surface area contributed by atoms with Crippen molar-refractivity contribution in [1.82, 2.24) is 25.4 Å². The summed E-state index contributed by atoms with van der Waals surface area (Å²) in [5, 5.41) is 15.0. The van der Waals surface area contributed by atoms with E-state index in [-0.39, 0.29) is 24.0 Å². The average Bonchev–Trinajstić information content (AvgIpc) is 3.29. The Kier molecular flexibility index (Phi) is 11.1. The van der Waals surface area contributed by atoms with Gasteiger partial charge >= 0.3 is 0 Å². The zero-order valence-electron chi connectivity index (χ0n) is 16.8. The Bertz CT molecular complexity index is 653. The summed E-state index contributed by atoms with van der Waals surface area (Å²) in [6.45, 7) is 10.9. The Labute approximate surface area is 179 Å². The third-order valence-electron chi connectivity index (χ3n) is 4.19. The zero-order chi connectivity index (χ0) is 18.8. The van der Waals surface area contributed by atoms with Crippen LogP contribution in [0.25, 0.3) is 0 Å². The lowest BCUT2D eigenvalue weighted by molar-refractivity contribution is 0.485. The molecule has 0 aliphatic rings. The highest BCUT2D eigenvalue weighted by Gasteiger charge is 2.08. The van der Waals surface area contributed by atoms with Crippen molar-refractivity contribution in [3.05, 3.63) is 36.3 Å². The van der Waals surface area contributed by atoms with Crippen molar-refractivity contribution in [2.75, 3.05) is 6.54 Å². The number of aromatic nitrogens is 3. The molecular formula is C19H33IN6O. The fourth-order valence-corrected chi connectivity index (χ4v) is 2.64. The number of hydrogen-bond donors (Lipinski definition) is 2. The van der Waals surface area contributed by atoms with Crippen LogP contribution in [0.4, 0.5) is 0 Å². The Balaban J connectivity index is 0.00000364. The van der Waals surface area contributed by atoms with Crippen molar-refractivity contribution in [1.29, 1.82) is 0 Å². The highest BCUT2D eigenvalue weighted by molar-refractivity contribution is 14.0. The molecule has 1 atom stereocenters. The van der Waals surface area contributed by atoms with Gasteiger partial charge in [-0.25, -0.2) is 4.99 Å². The molecule has 7 nitrogen and oxygen atoms in total. The van der Waals surface area contributed by atoms with Crippen LogP contribution in [0.2, 0.25) is 0 Å². The molecule has 2 heterocycles. The SMILES string of the molecule is CCc1nncn1CCNC(=NCc1ccco1)NC(C)CCC(C)C.I. The molecule has 8 heteroatoms. The maximum absolute atomic E-state index is 5.38. The molecule has 2 N–H and O–H groups in total. The largest absolute Gasteiger partial charge is 0.467 e. The minimum absolute atomic E-state index is 0. The van der Waals surface area contributed by atoms with Gasteiger partial charge in [0.1, 0.15) is 24.5 Å².